The van der Waals surface area contributed by atoms with Crippen LogP contribution in [-0.2, 0) is 0 Å². The maximum Gasteiger partial charge on any atom is 0.202 e. The Labute approximate surface area is 136 Å². The molecule has 2 aromatic carbocycles. The Bertz CT molecular complexity index is 912. The second-order valence-electron chi connectivity index (χ2n) is 5.35. The summed E-state index contributed by atoms with van der Waals surface area (Å²) in [6.45, 7) is 1.50. The van der Waals surface area contributed by atoms with Crippen LogP contribution in [0.15, 0.2) is 12.1 Å². The first kappa shape index (κ1) is 15.7. The van der Waals surface area contributed by atoms with Crippen LogP contribution >= 0.6 is 0 Å². The van der Waals surface area contributed by atoms with Crippen molar-refractivity contribution in [3.63, 3.8) is 0 Å². The number of rotatable bonds is 2. The summed E-state index contributed by atoms with van der Waals surface area (Å²) < 4.78 is 10.1. The van der Waals surface area contributed by atoms with E-state index in [0.29, 0.717) is 0 Å². The van der Waals surface area contributed by atoms with Crippen molar-refractivity contribution >= 4 is 11.6 Å². The van der Waals surface area contributed by atoms with Gasteiger partial charge in [0.25, 0.3) is 0 Å². The fourth-order valence-electron chi connectivity index (χ4n) is 2.85. The summed E-state index contributed by atoms with van der Waals surface area (Å²) in [6, 6.07) is 2.58. The zero-order chi connectivity index (χ0) is 17.8. The molecule has 0 aliphatic heterocycles. The number of aromatic hydroxyl groups is 3. The van der Waals surface area contributed by atoms with Crippen LogP contribution in [-0.4, -0.2) is 41.1 Å². The minimum atomic E-state index is -0.734. The van der Waals surface area contributed by atoms with Gasteiger partial charge in [-0.15, -0.1) is 0 Å². The van der Waals surface area contributed by atoms with E-state index >= 15 is 0 Å². The number of hydrogen-bond donors (Lipinski definition) is 3. The Kier molecular flexibility index (Phi) is 3.37. The molecule has 124 valence electrons. The van der Waals surface area contributed by atoms with Crippen molar-refractivity contribution in [3.8, 4) is 28.7 Å². The monoisotopic (exact) mass is 330 g/mol. The van der Waals surface area contributed by atoms with E-state index in [1.807, 2.05) is 0 Å². The van der Waals surface area contributed by atoms with Crippen LogP contribution in [0.1, 0.15) is 37.4 Å². The van der Waals surface area contributed by atoms with E-state index in [4.69, 9.17) is 9.47 Å². The average molecular weight is 330 g/mol. The van der Waals surface area contributed by atoms with Crippen molar-refractivity contribution in [2.24, 2.45) is 0 Å². The molecule has 0 aromatic heterocycles. The minimum absolute atomic E-state index is 0.0107. The molecule has 0 bridgehead atoms. The Morgan fingerprint density at radius 3 is 2.00 bits per heavy atom. The van der Waals surface area contributed by atoms with Crippen LogP contribution in [0.5, 0.6) is 28.7 Å². The summed E-state index contributed by atoms with van der Waals surface area (Å²) >= 11 is 0. The summed E-state index contributed by atoms with van der Waals surface area (Å²) in [4.78, 5) is 25.6. The van der Waals surface area contributed by atoms with E-state index in [0.717, 1.165) is 0 Å². The molecular formula is C17H14O7. The fourth-order valence-corrected chi connectivity index (χ4v) is 2.85. The molecule has 0 saturated carbocycles. The Hall–Kier alpha value is -3.22. The molecule has 0 fully saturated rings. The van der Waals surface area contributed by atoms with Crippen molar-refractivity contribution in [3.05, 3.63) is 39.9 Å². The number of benzene rings is 2. The van der Waals surface area contributed by atoms with Crippen molar-refractivity contribution in [1.29, 1.82) is 0 Å². The van der Waals surface area contributed by atoms with Crippen LogP contribution in [0.2, 0.25) is 0 Å². The Morgan fingerprint density at radius 2 is 1.42 bits per heavy atom. The van der Waals surface area contributed by atoms with Gasteiger partial charge < -0.3 is 24.8 Å². The van der Waals surface area contributed by atoms with Gasteiger partial charge in [0.2, 0.25) is 11.5 Å². The van der Waals surface area contributed by atoms with Gasteiger partial charge in [0.05, 0.1) is 25.3 Å². The highest BCUT2D eigenvalue weighted by Gasteiger charge is 2.38. The van der Waals surface area contributed by atoms with Gasteiger partial charge in [0, 0.05) is 11.1 Å². The molecule has 0 radical (unpaired) electrons. The molecule has 2 aromatic rings. The summed E-state index contributed by atoms with van der Waals surface area (Å²) in [7, 11) is 2.53. The highest BCUT2D eigenvalue weighted by atomic mass is 16.5. The normalized spacial score (nSPS) is 12.6. The first-order valence-corrected chi connectivity index (χ1v) is 6.96. The van der Waals surface area contributed by atoms with Crippen LogP contribution < -0.4 is 9.47 Å². The van der Waals surface area contributed by atoms with Crippen LogP contribution in [0.25, 0.3) is 0 Å². The maximum atomic E-state index is 12.8. The van der Waals surface area contributed by atoms with E-state index in [-0.39, 0.29) is 39.3 Å². The van der Waals surface area contributed by atoms with Crippen molar-refractivity contribution in [2.75, 3.05) is 14.2 Å². The molecule has 24 heavy (non-hydrogen) atoms. The predicted molar refractivity (Wildman–Crippen MR) is 82.6 cm³/mol. The number of phenolic OH excluding ortho intramolecular Hbond substituents is 3. The number of aryl methyl sites for hydroxylation is 1. The second-order valence-corrected chi connectivity index (χ2v) is 5.35. The lowest BCUT2D eigenvalue weighted by molar-refractivity contribution is 0.0972. The largest absolute Gasteiger partial charge is 0.504 e. The van der Waals surface area contributed by atoms with Gasteiger partial charge in [-0.3, -0.25) is 9.59 Å². The molecule has 3 rings (SSSR count). The summed E-state index contributed by atoms with van der Waals surface area (Å²) in [5.74, 6) is -3.11. The van der Waals surface area contributed by atoms with Gasteiger partial charge in [0.1, 0.15) is 0 Å². The quantitative estimate of drug-likeness (QED) is 0.615. The third-order valence-electron chi connectivity index (χ3n) is 4.05. The number of ketones is 2. The number of hydrogen-bond acceptors (Lipinski definition) is 7. The molecular weight excluding hydrogens is 316 g/mol. The number of carbonyl (C=O) groups is 2. The van der Waals surface area contributed by atoms with Crippen molar-refractivity contribution in [2.45, 2.75) is 6.92 Å². The topological polar surface area (TPSA) is 113 Å². The molecule has 0 saturated heterocycles. The summed E-state index contributed by atoms with van der Waals surface area (Å²) in [5.41, 5.74) is -0.294. The lowest BCUT2D eigenvalue weighted by atomic mass is 9.81. The standard InChI is InChI=1S/C17H14O7/c1-6-4-7-10(16(22)12(6)18)15(21)11-8(13(7)19)5-9(23-2)14(20)17(11)24-3/h4-5,18,20,22H,1-3H3. The van der Waals surface area contributed by atoms with Crippen molar-refractivity contribution < 1.29 is 34.4 Å². The van der Waals surface area contributed by atoms with E-state index in [9.17, 15) is 24.9 Å². The molecule has 0 unspecified atom stereocenters. The summed E-state index contributed by atoms with van der Waals surface area (Å²) in [5, 5.41) is 30.1. The van der Waals surface area contributed by atoms with Gasteiger partial charge in [0.15, 0.2) is 28.8 Å². The number of methoxy groups -OCH3 is 2. The highest BCUT2D eigenvalue weighted by molar-refractivity contribution is 6.31. The first-order chi connectivity index (χ1) is 11.3. The number of ether oxygens (including phenoxy) is 2. The van der Waals surface area contributed by atoms with Crippen LogP contribution in [0, 0.1) is 6.92 Å². The lowest BCUT2D eigenvalue weighted by Gasteiger charge is -2.23. The Balaban J connectivity index is 2.42. The van der Waals surface area contributed by atoms with Crippen LogP contribution in [0.4, 0.5) is 0 Å². The lowest BCUT2D eigenvalue weighted by Crippen LogP contribution is -2.22. The first-order valence-electron chi connectivity index (χ1n) is 6.96. The zero-order valence-corrected chi connectivity index (χ0v) is 13.1. The SMILES string of the molecule is COc1cc2c(c(OC)c1O)C(=O)c1c(cc(C)c(O)c1O)C2=O. The molecule has 7 heteroatoms. The predicted octanol–water partition coefficient (Wildman–Crippen LogP) is 1.90. The molecule has 1 aliphatic carbocycles. The summed E-state index contributed by atoms with van der Waals surface area (Å²) in [6.07, 6.45) is 0. The number of carbonyl (C=O) groups excluding carboxylic acids is 2. The maximum absolute atomic E-state index is 12.8. The van der Waals surface area contributed by atoms with Gasteiger partial charge in [-0.05, 0) is 24.6 Å². The van der Waals surface area contributed by atoms with Gasteiger partial charge in [-0.25, -0.2) is 0 Å². The third kappa shape index (κ3) is 1.84. The van der Waals surface area contributed by atoms with Gasteiger partial charge in [-0.2, -0.15) is 0 Å². The molecule has 3 N–H and O–H groups in total. The molecule has 7 nitrogen and oxygen atoms in total. The number of phenols is 3. The molecule has 0 amide bonds. The number of fused-ring (bicyclic) bond motifs is 2. The molecule has 0 heterocycles. The smallest absolute Gasteiger partial charge is 0.202 e. The third-order valence-corrected chi connectivity index (χ3v) is 4.05. The Morgan fingerprint density at radius 1 is 0.792 bits per heavy atom. The van der Waals surface area contributed by atoms with Crippen molar-refractivity contribution in [1.82, 2.24) is 0 Å². The molecule has 0 spiro atoms. The minimum Gasteiger partial charge on any atom is -0.504 e. The van der Waals surface area contributed by atoms with E-state index in [2.05, 4.69) is 0 Å². The van der Waals surface area contributed by atoms with E-state index in [1.165, 1.54) is 33.3 Å². The average Bonchev–Trinajstić information content (AvgIpc) is 2.56. The van der Waals surface area contributed by atoms with E-state index < -0.39 is 28.8 Å². The van der Waals surface area contributed by atoms with Crippen LogP contribution in [0.3, 0.4) is 0 Å². The van der Waals surface area contributed by atoms with Gasteiger partial charge in [-0.1, -0.05) is 0 Å². The fraction of sp³-hybridized carbons (Fsp3) is 0.176. The molecule has 1 aliphatic rings. The highest BCUT2D eigenvalue weighted by Crippen LogP contribution is 2.47. The molecule has 0 atom stereocenters. The second kappa shape index (κ2) is 5.16. The van der Waals surface area contributed by atoms with Gasteiger partial charge >= 0.3 is 0 Å². The zero-order valence-electron chi connectivity index (χ0n) is 13.1. The van der Waals surface area contributed by atoms with E-state index in [1.54, 1.807) is 0 Å².